The van der Waals surface area contributed by atoms with E-state index in [1.54, 1.807) is 0 Å². The summed E-state index contributed by atoms with van der Waals surface area (Å²) in [5, 5.41) is 7.41. The molecule has 0 aromatic heterocycles. The van der Waals surface area contributed by atoms with E-state index in [0.29, 0.717) is 11.5 Å². The van der Waals surface area contributed by atoms with E-state index in [0.717, 1.165) is 12.1 Å². The molecule has 0 radical (unpaired) electrons. The highest BCUT2D eigenvalue weighted by atomic mass is 15.1. The minimum atomic E-state index is 0.138. The lowest BCUT2D eigenvalue weighted by atomic mass is 9.75. The molecule has 1 aliphatic carbocycles. The molecule has 1 aromatic carbocycles. The van der Waals surface area contributed by atoms with Gasteiger partial charge in [0.05, 0.1) is 0 Å². The van der Waals surface area contributed by atoms with Crippen molar-refractivity contribution in [3.63, 3.8) is 0 Å². The predicted molar refractivity (Wildman–Crippen MR) is 85.0 cm³/mol. The van der Waals surface area contributed by atoms with Crippen molar-refractivity contribution < 1.29 is 0 Å². The van der Waals surface area contributed by atoms with Gasteiger partial charge in [-0.05, 0) is 43.7 Å². The second kappa shape index (κ2) is 5.96. The highest BCUT2D eigenvalue weighted by Gasteiger charge is 2.28. The number of amidine groups is 1. The molecule has 1 aromatic rings. The van der Waals surface area contributed by atoms with Gasteiger partial charge in [-0.1, -0.05) is 38.1 Å². The van der Waals surface area contributed by atoms with Crippen LogP contribution >= 0.6 is 0 Å². The van der Waals surface area contributed by atoms with Crippen LogP contribution in [-0.2, 0) is 6.54 Å². The fourth-order valence-electron chi connectivity index (χ4n) is 3.03. The van der Waals surface area contributed by atoms with Gasteiger partial charge in [0.25, 0.3) is 0 Å². The average molecular weight is 273 g/mol. The fraction of sp³-hybridized carbons (Fsp3) is 0.588. The van der Waals surface area contributed by atoms with Crippen molar-refractivity contribution in [2.24, 2.45) is 11.1 Å². The minimum Gasteiger partial charge on any atom is -0.384 e. The molecule has 0 atom stereocenters. The van der Waals surface area contributed by atoms with Gasteiger partial charge in [-0.3, -0.25) is 10.3 Å². The Morgan fingerprint density at radius 1 is 1.25 bits per heavy atom. The second-order valence-electron chi connectivity index (χ2n) is 6.92. The Labute approximate surface area is 122 Å². The van der Waals surface area contributed by atoms with Crippen LogP contribution in [0.5, 0.6) is 0 Å². The van der Waals surface area contributed by atoms with Crippen molar-refractivity contribution >= 4 is 5.84 Å². The quantitative estimate of drug-likeness (QED) is 0.653. The van der Waals surface area contributed by atoms with Crippen LogP contribution in [0.3, 0.4) is 0 Å². The zero-order valence-electron chi connectivity index (χ0n) is 12.9. The molecule has 3 N–H and O–H groups in total. The van der Waals surface area contributed by atoms with E-state index in [9.17, 15) is 0 Å². The zero-order valence-corrected chi connectivity index (χ0v) is 12.9. The van der Waals surface area contributed by atoms with Gasteiger partial charge >= 0.3 is 0 Å². The Morgan fingerprint density at radius 2 is 1.80 bits per heavy atom. The molecule has 20 heavy (non-hydrogen) atoms. The SMILES string of the molecule is CN(Cc1ccc(C(=N)N)cc1)C1CCC(C)(C)CC1. The van der Waals surface area contributed by atoms with Crippen molar-refractivity contribution in [3.05, 3.63) is 35.4 Å². The number of hydrogen-bond acceptors (Lipinski definition) is 2. The van der Waals surface area contributed by atoms with Crippen LogP contribution < -0.4 is 5.73 Å². The van der Waals surface area contributed by atoms with Crippen LogP contribution in [0.15, 0.2) is 24.3 Å². The maximum Gasteiger partial charge on any atom is 0.122 e. The van der Waals surface area contributed by atoms with Gasteiger partial charge in [-0.25, -0.2) is 0 Å². The molecule has 3 heteroatoms. The smallest absolute Gasteiger partial charge is 0.122 e. The van der Waals surface area contributed by atoms with Gasteiger partial charge in [0.15, 0.2) is 0 Å². The molecule has 0 aliphatic heterocycles. The zero-order chi connectivity index (χ0) is 14.8. The Bertz CT molecular complexity index is 452. The third-order valence-corrected chi connectivity index (χ3v) is 4.63. The van der Waals surface area contributed by atoms with Crippen molar-refractivity contribution in [2.45, 2.75) is 52.1 Å². The van der Waals surface area contributed by atoms with Crippen LogP contribution in [0.2, 0.25) is 0 Å². The van der Waals surface area contributed by atoms with Crippen molar-refractivity contribution in [2.75, 3.05) is 7.05 Å². The number of nitrogens with two attached hydrogens (primary N) is 1. The van der Waals surface area contributed by atoms with E-state index in [-0.39, 0.29) is 5.84 Å². The van der Waals surface area contributed by atoms with Gasteiger partial charge in [-0.15, -0.1) is 0 Å². The maximum absolute atomic E-state index is 7.41. The Balaban J connectivity index is 1.91. The van der Waals surface area contributed by atoms with E-state index in [1.807, 2.05) is 12.1 Å². The van der Waals surface area contributed by atoms with Crippen molar-refractivity contribution in [3.8, 4) is 0 Å². The summed E-state index contributed by atoms with van der Waals surface area (Å²) in [4.78, 5) is 2.47. The second-order valence-corrected chi connectivity index (χ2v) is 6.92. The lowest BCUT2D eigenvalue weighted by Gasteiger charge is -2.38. The molecule has 1 fully saturated rings. The molecule has 3 nitrogen and oxygen atoms in total. The van der Waals surface area contributed by atoms with Gasteiger partial charge in [-0.2, -0.15) is 0 Å². The molecule has 2 rings (SSSR count). The van der Waals surface area contributed by atoms with E-state index in [1.165, 1.54) is 31.2 Å². The number of nitrogen functional groups attached to an aromatic ring is 1. The lowest BCUT2D eigenvalue weighted by Crippen LogP contribution is -2.36. The minimum absolute atomic E-state index is 0.138. The summed E-state index contributed by atoms with van der Waals surface area (Å²) in [5.41, 5.74) is 8.10. The van der Waals surface area contributed by atoms with E-state index < -0.39 is 0 Å². The molecule has 0 saturated heterocycles. The first kappa shape index (κ1) is 15.0. The van der Waals surface area contributed by atoms with Crippen LogP contribution in [0.25, 0.3) is 0 Å². The Kier molecular flexibility index (Phi) is 4.48. The lowest BCUT2D eigenvalue weighted by molar-refractivity contribution is 0.123. The largest absolute Gasteiger partial charge is 0.384 e. The Morgan fingerprint density at radius 3 is 2.30 bits per heavy atom. The summed E-state index contributed by atoms with van der Waals surface area (Å²) < 4.78 is 0. The van der Waals surface area contributed by atoms with E-state index in [4.69, 9.17) is 11.1 Å². The normalized spacial score (nSPS) is 19.2. The standard InChI is InChI=1S/C17H27N3/c1-17(2)10-8-15(9-11-17)20(3)12-13-4-6-14(7-5-13)16(18)19/h4-7,15H,8-12H2,1-3H3,(H3,18,19). The number of hydrogen-bond donors (Lipinski definition) is 2. The number of nitrogens with one attached hydrogen (secondary N) is 1. The molecule has 110 valence electrons. The van der Waals surface area contributed by atoms with Crippen molar-refractivity contribution in [1.29, 1.82) is 5.41 Å². The monoisotopic (exact) mass is 273 g/mol. The molecule has 0 amide bonds. The summed E-state index contributed by atoms with van der Waals surface area (Å²) in [6.07, 6.45) is 5.25. The summed E-state index contributed by atoms with van der Waals surface area (Å²) in [6.45, 7) is 5.73. The molecule has 0 heterocycles. The fourth-order valence-corrected chi connectivity index (χ4v) is 3.03. The number of nitrogens with zero attached hydrogens (tertiary/aromatic N) is 1. The van der Waals surface area contributed by atoms with Crippen LogP contribution in [0.1, 0.15) is 50.7 Å². The highest BCUT2D eigenvalue weighted by molar-refractivity contribution is 5.94. The van der Waals surface area contributed by atoms with Crippen LogP contribution in [0.4, 0.5) is 0 Å². The predicted octanol–water partition coefficient (Wildman–Crippen LogP) is 3.37. The molecule has 0 bridgehead atoms. The first-order chi connectivity index (χ1) is 9.37. The molecular formula is C17H27N3. The van der Waals surface area contributed by atoms with E-state index >= 15 is 0 Å². The summed E-state index contributed by atoms with van der Waals surface area (Å²) in [7, 11) is 2.22. The third-order valence-electron chi connectivity index (χ3n) is 4.63. The molecule has 1 aliphatic rings. The van der Waals surface area contributed by atoms with Crippen LogP contribution in [-0.4, -0.2) is 23.8 Å². The Hall–Kier alpha value is -1.35. The average Bonchev–Trinajstić information content (AvgIpc) is 2.39. The molecule has 0 spiro atoms. The summed E-state index contributed by atoms with van der Waals surface area (Å²) >= 11 is 0. The van der Waals surface area contributed by atoms with Gasteiger partial charge in [0.1, 0.15) is 5.84 Å². The van der Waals surface area contributed by atoms with E-state index in [2.05, 4.69) is 37.9 Å². The van der Waals surface area contributed by atoms with Crippen LogP contribution in [0, 0.1) is 10.8 Å². The molecular weight excluding hydrogens is 246 g/mol. The maximum atomic E-state index is 7.41. The van der Waals surface area contributed by atoms with Gasteiger partial charge in [0, 0.05) is 18.2 Å². The number of rotatable bonds is 4. The number of benzene rings is 1. The molecule has 1 saturated carbocycles. The van der Waals surface area contributed by atoms with Gasteiger partial charge < -0.3 is 5.73 Å². The van der Waals surface area contributed by atoms with Crippen molar-refractivity contribution in [1.82, 2.24) is 4.90 Å². The first-order valence-corrected chi connectivity index (χ1v) is 7.51. The third kappa shape index (κ3) is 3.83. The highest BCUT2D eigenvalue weighted by Crippen LogP contribution is 2.36. The van der Waals surface area contributed by atoms with Gasteiger partial charge in [0.2, 0.25) is 0 Å². The summed E-state index contributed by atoms with van der Waals surface area (Å²) in [5.74, 6) is 0.138. The summed E-state index contributed by atoms with van der Waals surface area (Å²) in [6, 6.07) is 8.75. The molecule has 0 unspecified atom stereocenters. The first-order valence-electron chi connectivity index (χ1n) is 7.51. The topological polar surface area (TPSA) is 53.1 Å².